The summed E-state index contributed by atoms with van der Waals surface area (Å²) >= 11 is 0. The van der Waals surface area contributed by atoms with Gasteiger partial charge in [-0.15, -0.1) is 0 Å². The van der Waals surface area contributed by atoms with Crippen LogP contribution in [0.15, 0.2) is 23.1 Å². The monoisotopic (exact) mass is 298 g/mol. The van der Waals surface area contributed by atoms with Crippen LogP contribution < -0.4 is 10.5 Å². The van der Waals surface area contributed by atoms with Gasteiger partial charge in [-0.05, 0) is 37.1 Å². The number of nitrogens with one attached hydrogen (secondary N) is 1. The average Bonchev–Trinajstić information content (AvgIpc) is 2.33. The molecule has 1 amide bonds. The van der Waals surface area contributed by atoms with Gasteiger partial charge in [0.05, 0.1) is 4.90 Å². The molecular weight excluding hydrogens is 276 g/mol. The number of hydrogen-bond acceptors (Lipinski definition) is 3. The highest BCUT2D eigenvalue weighted by Gasteiger charge is 2.12. The fourth-order valence-corrected chi connectivity index (χ4v) is 2.75. The van der Waals surface area contributed by atoms with Crippen molar-refractivity contribution in [1.82, 2.24) is 0 Å². The van der Waals surface area contributed by atoms with Gasteiger partial charge in [0.1, 0.15) is 0 Å². The van der Waals surface area contributed by atoms with Crippen molar-refractivity contribution in [2.24, 2.45) is 5.14 Å². The lowest BCUT2D eigenvalue weighted by Crippen LogP contribution is -2.15. The number of carbonyl (C=O) groups is 1. The highest BCUT2D eigenvalue weighted by atomic mass is 32.2. The Hall–Kier alpha value is -1.40. The largest absolute Gasteiger partial charge is 0.326 e. The Morgan fingerprint density at radius 3 is 2.50 bits per heavy atom. The smallest absolute Gasteiger partial charge is 0.238 e. The third-order valence-corrected chi connectivity index (χ3v) is 4.09. The summed E-state index contributed by atoms with van der Waals surface area (Å²) in [6.45, 7) is 3.77. The van der Waals surface area contributed by atoms with Gasteiger partial charge >= 0.3 is 0 Å². The number of anilines is 1. The van der Waals surface area contributed by atoms with Crippen molar-refractivity contribution in [1.29, 1.82) is 0 Å². The molecule has 0 aliphatic heterocycles. The van der Waals surface area contributed by atoms with Crippen molar-refractivity contribution in [3.63, 3.8) is 0 Å². The molecule has 0 bridgehead atoms. The van der Waals surface area contributed by atoms with Crippen LogP contribution in [0.1, 0.15) is 44.6 Å². The molecule has 0 unspecified atom stereocenters. The quantitative estimate of drug-likeness (QED) is 0.758. The van der Waals surface area contributed by atoms with Crippen LogP contribution in [0.2, 0.25) is 0 Å². The second-order valence-electron chi connectivity index (χ2n) is 4.88. The molecule has 0 saturated heterocycles. The molecule has 0 heterocycles. The van der Waals surface area contributed by atoms with Gasteiger partial charge in [-0.3, -0.25) is 4.79 Å². The lowest BCUT2D eigenvalue weighted by atomic mass is 10.1. The second kappa shape index (κ2) is 7.40. The van der Waals surface area contributed by atoms with Crippen LogP contribution in [0.3, 0.4) is 0 Å². The molecule has 0 spiro atoms. The lowest BCUT2D eigenvalue weighted by molar-refractivity contribution is -0.116. The van der Waals surface area contributed by atoms with Crippen molar-refractivity contribution in [2.45, 2.75) is 50.8 Å². The van der Waals surface area contributed by atoms with Crippen LogP contribution in [0.25, 0.3) is 0 Å². The van der Waals surface area contributed by atoms with E-state index in [1.807, 2.05) is 0 Å². The number of sulfonamides is 1. The van der Waals surface area contributed by atoms with E-state index in [-0.39, 0.29) is 10.8 Å². The zero-order chi connectivity index (χ0) is 15.2. The summed E-state index contributed by atoms with van der Waals surface area (Å²) in [6.07, 6.45) is 4.67. The molecular formula is C14H22N2O3S. The van der Waals surface area contributed by atoms with Gasteiger partial charge < -0.3 is 5.32 Å². The lowest BCUT2D eigenvalue weighted by Gasteiger charge is -2.08. The first kappa shape index (κ1) is 16.7. The van der Waals surface area contributed by atoms with Crippen molar-refractivity contribution in [3.05, 3.63) is 23.8 Å². The Morgan fingerprint density at radius 2 is 1.95 bits per heavy atom. The van der Waals surface area contributed by atoms with E-state index in [4.69, 9.17) is 5.14 Å². The third-order valence-electron chi connectivity index (χ3n) is 3.02. The minimum atomic E-state index is -3.71. The van der Waals surface area contributed by atoms with Gasteiger partial charge in [0.2, 0.25) is 15.9 Å². The van der Waals surface area contributed by atoms with Crippen molar-refractivity contribution >= 4 is 21.6 Å². The molecule has 0 saturated carbocycles. The number of unbranched alkanes of at least 4 members (excludes halogenated alkanes) is 3. The van der Waals surface area contributed by atoms with Crippen LogP contribution in [0.4, 0.5) is 5.69 Å². The topological polar surface area (TPSA) is 89.3 Å². The zero-order valence-electron chi connectivity index (χ0n) is 12.0. The fraction of sp³-hybridized carbons (Fsp3) is 0.500. The first-order valence-electron chi connectivity index (χ1n) is 6.78. The highest BCUT2D eigenvalue weighted by molar-refractivity contribution is 7.89. The van der Waals surface area contributed by atoms with Gasteiger partial charge in [0, 0.05) is 12.1 Å². The molecule has 20 heavy (non-hydrogen) atoms. The van der Waals surface area contributed by atoms with Gasteiger partial charge in [-0.2, -0.15) is 0 Å². The highest BCUT2D eigenvalue weighted by Crippen LogP contribution is 2.18. The fourth-order valence-electron chi connectivity index (χ4n) is 1.98. The van der Waals surface area contributed by atoms with Crippen molar-refractivity contribution < 1.29 is 13.2 Å². The maximum atomic E-state index is 11.7. The van der Waals surface area contributed by atoms with Gasteiger partial charge in [0.15, 0.2) is 0 Å². The average molecular weight is 298 g/mol. The molecule has 1 aromatic rings. The number of nitrogens with two attached hydrogens (primary N) is 1. The number of rotatable bonds is 7. The minimum Gasteiger partial charge on any atom is -0.326 e. The molecule has 6 heteroatoms. The second-order valence-corrected chi connectivity index (χ2v) is 6.41. The summed E-state index contributed by atoms with van der Waals surface area (Å²) < 4.78 is 22.6. The molecule has 1 aromatic carbocycles. The predicted octanol–water partition coefficient (Wildman–Crippen LogP) is 2.55. The molecule has 3 N–H and O–H groups in total. The van der Waals surface area contributed by atoms with E-state index in [9.17, 15) is 13.2 Å². The van der Waals surface area contributed by atoms with E-state index in [0.717, 1.165) is 25.7 Å². The SMILES string of the molecule is CCCCCCC(=O)Nc1ccc(S(N)(=O)=O)c(C)c1. The Balaban J connectivity index is 2.61. The number of hydrogen-bond donors (Lipinski definition) is 2. The maximum Gasteiger partial charge on any atom is 0.238 e. The summed E-state index contributed by atoms with van der Waals surface area (Å²) in [4.78, 5) is 11.8. The molecule has 1 rings (SSSR count). The van der Waals surface area contributed by atoms with E-state index < -0.39 is 10.0 Å². The van der Waals surface area contributed by atoms with Crippen LogP contribution >= 0.6 is 0 Å². The van der Waals surface area contributed by atoms with E-state index in [2.05, 4.69) is 12.2 Å². The Bertz CT molecular complexity index is 568. The molecule has 0 aromatic heterocycles. The van der Waals surface area contributed by atoms with Crippen molar-refractivity contribution in [2.75, 3.05) is 5.32 Å². The molecule has 112 valence electrons. The molecule has 5 nitrogen and oxygen atoms in total. The van der Waals surface area contributed by atoms with Crippen LogP contribution in [0.5, 0.6) is 0 Å². The van der Waals surface area contributed by atoms with Crippen molar-refractivity contribution in [3.8, 4) is 0 Å². The standard InChI is InChI=1S/C14H22N2O3S/c1-3-4-5-6-7-14(17)16-12-8-9-13(11(2)10-12)20(15,18)19/h8-10H,3-7H2,1-2H3,(H,16,17)(H2,15,18,19). The van der Waals surface area contributed by atoms with Gasteiger partial charge in [0.25, 0.3) is 0 Å². The van der Waals surface area contributed by atoms with Gasteiger partial charge in [-0.1, -0.05) is 26.2 Å². The van der Waals surface area contributed by atoms with Crippen LogP contribution in [-0.4, -0.2) is 14.3 Å². The number of benzene rings is 1. The number of carbonyl (C=O) groups excluding carboxylic acids is 1. The van der Waals surface area contributed by atoms with E-state index in [1.54, 1.807) is 19.1 Å². The number of amides is 1. The summed E-state index contributed by atoms with van der Waals surface area (Å²) in [6, 6.07) is 4.58. The Kier molecular flexibility index (Phi) is 6.16. The zero-order valence-corrected chi connectivity index (χ0v) is 12.8. The predicted molar refractivity (Wildman–Crippen MR) is 79.9 cm³/mol. The first-order valence-corrected chi connectivity index (χ1v) is 8.32. The summed E-state index contributed by atoms with van der Waals surface area (Å²) in [5, 5.41) is 7.85. The third kappa shape index (κ3) is 5.30. The van der Waals surface area contributed by atoms with E-state index >= 15 is 0 Å². The summed E-state index contributed by atoms with van der Waals surface area (Å²) in [7, 11) is -3.71. The first-order chi connectivity index (χ1) is 9.34. The Morgan fingerprint density at radius 1 is 1.25 bits per heavy atom. The normalized spacial score (nSPS) is 11.3. The summed E-state index contributed by atoms with van der Waals surface area (Å²) in [5.74, 6) is -0.0520. The Labute approximate surface area is 120 Å². The van der Waals surface area contributed by atoms with E-state index in [1.165, 1.54) is 6.07 Å². The molecule has 0 fully saturated rings. The molecule has 0 aliphatic carbocycles. The number of primary sulfonamides is 1. The molecule has 0 atom stereocenters. The number of aryl methyl sites for hydroxylation is 1. The molecule has 0 radical (unpaired) electrons. The van der Waals surface area contributed by atoms with Gasteiger partial charge in [-0.25, -0.2) is 13.6 Å². The van der Waals surface area contributed by atoms with Crippen LogP contribution in [0, 0.1) is 6.92 Å². The molecule has 0 aliphatic rings. The van der Waals surface area contributed by atoms with Crippen LogP contribution in [-0.2, 0) is 14.8 Å². The van der Waals surface area contributed by atoms with E-state index in [0.29, 0.717) is 17.7 Å². The maximum absolute atomic E-state index is 11.7. The minimum absolute atomic E-state index is 0.0520. The summed E-state index contributed by atoms with van der Waals surface area (Å²) in [5.41, 5.74) is 1.12.